The molecule has 4 heteroatoms. The summed E-state index contributed by atoms with van der Waals surface area (Å²) >= 11 is 0. The lowest BCUT2D eigenvalue weighted by Crippen LogP contribution is -2.32. The Morgan fingerprint density at radius 1 is 1.39 bits per heavy atom. The maximum Gasteiger partial charge on any atom is 0.122 e. The minimum absolute atomic E-state index is 0.0160. The van der Waals surface area contributed by atoms with Crippen molar-refractivity contribution in [3.8, 4) is 5.75 Å². The Hall–Kier alpha value is -1.26. The zero-order chi connectivity index (χ0) is 13.8. The summed E-state index contributed by atoms with van der Waals surface area (Å²) in [6.07, 6.45) is 0. The SMILES string of the molecule is COc1ccc(NCC(N)CO)cc1C(C)(C)C. The molecule has 0 fully saturated rings. The molecule has 18 heavy (non-hydrogen) atoms. The predicted molar refractivity (Wildman–Crippen MR) is 75.2 cm³/mol. The highest BCUT2D eigenvalue weighted by molar-refractivity contribution is 5.53. The molecule has 1 atom stereocenters. The van der Waals surface area contributed by atoms with Crippen molar-refractivity contribution in [2.75, 3.05) is 25.6 Å². The number of rotatable bonds is 5. The van der Waals surface area contributed by atoms with Crippen LogP contribution in [0.5, 0.6) is 5.75 Å². The average molecular weight is 252 g/mol. The Balaban J connectivity index is 2.90. The van der Waals surface area contributed by atoms with E-state index in [9.17, 15) is 0 Å². The maximum atomic E-state index is 8.89. The van der Waals surface area contributed by atoms with Crippen LogP contribution in [0.3, 0.4) is 0 Å². The third-order valence-electron chi connectivity index (χ3n) is 2.81. The Kier molecular flexibility index (Phi) is 4.99. The summed E-state index contributed by atoms with van der Waals surface area (Å²) in [5, 5.41) is 12.1. The molecule has 1 aromatic rings. The van der Waals surface area contributed by atoms with Gasteiger partial charge in [-0.3, -0.25) is 0 Å². The minimum Gasteiger partial charge on any atom is -0.496 e. The molecule has 0 aliphatic carbocycles. The quantitative estimate of drug-likeness (QED) is 0.746. The largest absolute Gasteiger partial charge is 0.496 e. The van der Waals surface area contributed by atoms with E-state index in [4.69, 9.17) is 15.6 Å². The van der Waals surface area contributed by atoms with E-state index in [1.807, 2.05) is 12.1 Å². The van der Waals surface area contributed by atoms with E-state index >= 15 is 0 Å². The monoisotopic (exact) mass is 252 g/mol. The molecule has 102 valence electrons. The van der Waals surface area contributed by atoms with Gasteiger partial charge in [-0.05, 0) is 23.6 Å². The van der Waals surface area contributed by atoms with Crippen molar-refractivity contribution < 1.29 is 9.84 Å². The zero-order valence-electron chi connectivity index (χ0n) is 11.7. The molecule has 0 aliphatic rings. The molecule has 0 aliphatic heterocycles. The first kappa shape index (κ1) is 14.8. The van der Waals surface area contributed by atoms with Gasteiger partial charge in [-0.15, -0.1) is 0 Å². The standard InChI is InChI=1S/C14H24N2O2/c1-14(2,3)12-7-11(5-6-13(12)18-4)16-8-10(15)9-17/h5-7,10,16-17H,8-9,15H2,1-4H3. The Bertz CT molecular complexity index is 386. The summed E-state index contributed by atoms with van der Waals surface area (Å²) in [6, 6.07) is 5.74. The number of hydrogen-bond donors (Lipinski definition) is 3. The van der Waals surface area contributed by atoms with Gasteiger partial charge in [0.1, 0.15) is 5.75 Å². The molecule has 0 bridgehead atoms. The van der Waals surface area contributed by atoms with Gasteiger partial charge in [0.05, 0.1) is 13.7 Å². The highest BCUT2D eigenvalue weighted by Crippen LogP contribution is 2.33. The van der Waals surface area contributed by atoms with Crippen LogP contribution in [-0.2, 0) is 5.41 Å². The van der Waals surface area contributed by atoms with Crippen LogP contribution >= 0.6 is 0 Å². The predicted octanol–water partition coefficient (Wildman–Crippen LogP) is 1.72. The normalized spacial score (nSPS) is 13.2. The number of nitrogens with one attached hydrogen (secondary N) is 1. The number of hydrogen-bond acceptors (Lipinski definition) is 4. The van der Waals surface area contributed by atoms with E-state index in [0.717, 1.165) is 17.0 Å². The number of nitrogens with two attached hydrogens (primary N) is 1. The summed E-state index contributed by atoms with van der Waals surface area (Å²) in [5.41, 5.74) is 7.82. The summed E-state index contributed by atoms with van der Waals surface area (Å²) in [5.74, 6) is 0.888. The van der Waals surface area contributed by atoms with Crippen LogP contribution < -0.4 is 15.8 Å². The summed E-state index contributed by atoms with van der Waals surface area (Å²) in [7, 11) is 1.68. The summed E-state index contributed by atoms with van der Waals surface area (Å²) < 4.78 is 5.38. The van der Waals surface area contributed by atoms with Crippen molar-refractivity contribution in [3.05, 3.63) is 23.8 Å². The third-order valence-corrected chi connectivity index (χ3v) is 2.81. The Morgan fingerprint density at radius 2 is 2.06 bits per heavy atom. The highest BCUT2D eigenvalue weighted by atomic mass is 16.5. The molecule has 4 nitrogen and oxygen atoms in total. The van der Waals surface area contributed by atoms with E-state index < -0.39 is 0 Å². The average Bonchev–Trinajstić information content (AvgIpc) is 2.34. The van der Waals surface area contributed by atoms with Crippen LogP contribution in [0.25, 0.3) is 0 Å². The molecule has 1 unspecified atom stereocenters. The molecule has 0 aromatic heterocycles. The van der Waals surface area contributed by atoms with Crippen LogP contribution in [0.15, 0.2) is 18.2 Å². The zero-order valence-corrected chi connectivity index (χ0v) is 11.7. The number of benzene rings is 1. The molecular weight excluding hydrogens is 228 g/mol. The third kappa shape index (κ3) is 3.89. The van der Waals surface area contributed by atoms with Crippen LogP contribution in [0, 0.1) is 0 Å². The molecule has 0 saturated heterocycles. The van der Waals surface area contributed by atoms with Gasteiger partial charge in [0.15, 0.2) is 0 Å². The van der Waals surface area contributed by atoms with Gasteiger partial charge in [-0.1, -0.05) is 20.8 Å². The second-order valence-corrected chi connectivity index (χ2v) is 5.49. The van der Waals surface area contributed by atoms with Crippen molar-refractivity contribution >= 4 is 5.69 Å². The second kappa shape index (κ2) is 6.07. The maximum absolute atomic E-state index is 8.89. The molecule has 4 N–H and O–H groups in total. The van der Waals surface area contributed by atoms with Gasteiger partial charge in [0.25, 0.3) is 0 Å². The molecular formula is C14H24N2O2. The number of methoxy groups -OCH3 is 1. The van der Waals surface area contributed by atoms with Crippen molar-refractivity contribution in [1.29, 1.82) is 0 Å². The van der Waals surface area contributed by atoms with Crippen LogP contribution in [-0.4, -0.2) is 31.4 Å². The van der Waals surface area contributed by atoms with E-state index in [1.165, 1.54) is 0 Å². The van der Waals surface area contributed by atoms with Gasteiger partial charge in [0, 0.05) is 23.8 Å². The molecule has 1 rings (SSSR count). The van der Waals surface area contributed by atoms with Crippen LogP contribution in [0.2, 0.25) is 0 Å². The van der Waals surface area contributed by atoms with Gasteiger partial charge in [-0.2, -0.15) is 0 Å². The van der Waals surface area contributed by atoms with Crippen molar-refractivity contribution in [1.82, 2.24) is 0 Å². The van der Waals surface area contributed by atoms with E-state index in [-0.39, 0.29) is 18.1 Å². The first-order chi connectivity index (χ1) is 8.38. The van der Waals surface area contributed by atoms with Crippen molar-refractivity contribution in [2.24, 2.45) is 5.73 Å². The van der Waals surface area contributed by atoms with Gasteiger partial charge in [0.2, 0.25) is 0 Å². The van der Waals surface area contributed by atoms with Gasteiger partial charge < -0.3 is 20.9 Å². The van der Waals surface area contributed by atoms with Crippen molar-refractivity contribution in [2.45, 2.75) is 32.2 Å². The summed E-state index contributed by atoms with van der Waals surface area (Å²) in [6.45, 7) is 6.97. The highest BCUT2D eigenvalue weighted by Gasteiger charge is 2.19. The fourth-order valence-corrected chi connectivity index (χ4v) is 1.72. The Morgan fingerprint density at radius 3 is 2.56 bits per heavy atom. The fourth-order valence-electron chi connectivity index (χ4n) is 1.72. The molecule has 0 radical (unpaired) electrons. The first-order valence-corrected chi connectivity index (χ1v) is 6.17. The molecule has 0 saturated carbocycles. The van der Waals surface area contributed by atoms with Gasteiger partial charge >= 0.3 is 0 Å². The van der Waals surface area contributed by atoms with Crippen molar-refractivity contribution in [3.63, 3.8) is 0 Å². The topological polar surface area (TPSA) is 67.5 Å². The van der Waals surface area contributed by atoms with E-state index in [2.05, 4.69) is 32.2 Å². The minimum atomic E-state index is -0.245. The lowest BCUT2D eigenvalue weighted by Gasteiger charge is -2.23. The lowest BCUT2D eigenvalue weighted by molar-refractivity contribution is 0.270. The molecule has 0 spiro atoms. The first-order valence-electron chi connectivity index (χ1n) is 6.17. The van der Waals surface area contributed by atoms with E-state index in [1.54, 1.807) is 7.11 Å². The second-order valence-electron chi connectivity index (χ2n) is 5.49. The van der Waals surface area contributed by atoms with Crippen LogP contribution in [0.1, 0.15) is 26.3 Å². The molecule has 0 heterocycles. The number of ether oxygens (including phenoxy) is 1. The lowest BCUT2D eigenvalue weighted by atomic mass is 9.86. The number of aliphatic hydroxyl groups is 1. The summed E-state index contributed by atoms with van der Waals surface area (Å²) in [4.78, 5) is 0. The van der Waals surface area contributed by atoms with Crippen LogP contribution in [0.4, 0.5) is 5.69 Å². The van der Waals surface area contributed by atoms with Gasteiger partial charge in [-0.25, -0.2) is 0 Å². The Labute approximate surface area is 109 Å². The molecule has 1 aromatic carbocycles. The fraction of sp³-hybridized carbons (Fsp3) is 0.571. The smallest absolute Gasteiger partial charge is 0.122 e. The van der Waals surface area contributed by atoms with E-state index in [0.29, 0.717) is 6.54 Å². The molecule has 0 amide bonds. The number of aliphatic hydroxyl groups excluding tert-OH is 1. The number of anilines is 1.